The molecular weight excluding hydrogens is 152 g/mol. The monoisotopic (exact) mass is 164 g/mol. The fourth-order valence-electron chi connectivity index (χ4n) is 1.73. The number of benzene rings is 1. The lowest BCUT2D eigenvalue weighted by molar-refractivity contribution is 0.179. The largest absolute Gasteiger partial charge is 0.392 e. The minimum absolute atomic E-state index is 0.0556. The van der Waals surface area contributed by atoms with Crippen LogP contribution in [0.5, 0.6) is 0 Å². The van der Waals surface area contributed by atoms with Crippen molar-refractivity contribution in [3.63, 3.8) is 0 Å². The average molecular weight is 164 g/mol. The van der Waals surface area contributed by atoms with Crippen LogP contribution in [-0.4, -0.2) is 10.2 Å². The van der Waals surface area contributed by atoms with Crippen LogP contribution < -0.4 is 0 Å². The Morgan fingerprint density at radius 1 is 1.42 bits per heavy atom. The van der Waals surface area contributed by atoms with Crippen molar-refractivity contribution in [2.75, 3.05) is 0 Å². The normalized spacial score (nSPS) is 21.0. The molecule has 0 fully saturated rings. The standard InChI is InChI=1S/C10H12O2/c11-6-7-1-2-8-3-4-10(12)9(8)5-7/h1-2,5,10-12H,3-4,6H2. The molecule has 0 bridgehead atoms. The van der Waals surface area contributed by atoms with Crippen molar-refractivity contribution in [1.29, 1.82) is 0 Å². The SMILES string of the molecule is OCc1ccc2c(c1)C(O)CC2. The summed E-state index contributed by atoms with van der Waals surface area (Å²) in [5, 5.41) is 18.4. The molecule has 1 aromatic rings. The van der Waals surface area contributed by atoms with Gasteiger partial charge < -0.3 is 10.2 Å². The van der Waals surface area contributed by atoms with Gasteiger partial charge in [-0.2, -0.15) is 0 Å². The molecule has 0 heterocycles. The van der Waals surface area contributed by atoms with Gasteiger partial charge in [0.25, 0.3) is 0 Å². The van der Waals surface area contributed by atoms with Gasteiger partial charge >= 0.3 is 0 Å². The molecule has 0 amide bonds. The molecule has 1 atom stereocenters. The highest BCUT2D eigenvalue weighted by atomic mass is 16.3. The number of hydrogen-bond acceptors (Lipinski definition) is 2. The predicted molar refractivity (Wildman–Crippen MR) is 45.6 cm³/mol. The summed E-state index contributed by atoms with van der Waals surface area (Å²) in [7, 11) is 0. The Balaban J connectivity index is 2.43. The van der Waals surface area contributed by atoms with Crippen molar-refractivity contribution in [1.82, 2.24) is 0 Å². The van der Waals surface area contributed by atoms with Crippen molar-refractivity contribution in [2.45, 2.75) is 25.6 Å². The first-order valence-corrected chi connectivity index (χ1v) is 4.22. The minimum Gasteiger partial charge on any atom is -0.392 e. The van der Waals surface area contributed by atoms with E-state index in [0.29, 0.717) is 0 Å². The average Bonchev–Trinajstić information content (AvgIpc) is 2.47. The summed E-state index contributed by atoms with van der Waals surface area (Å²) in [6.07, 6.45) is 1.47. The fraction of sp³-hybridized carbons (Fsp3) is 0.400. The molecule has 0 spiro atoms. The van der Waals surface area contributed by atoms with Gasteiger partial charge in [0.2, 0.25) is 0 Å². The van der Waals surface area contributed by atoms with E-state index in [2.05, 4.69) is 0 Å². The van der Waals surface area contributed by atoms with Crippen molar-refractivity contribution in [2.24, 2.45) is 0 Å². The second-order valence-corrected chi connectivity index (χ2v) is 3.25. The molecule has 2 rings (SSSR count). The zero-order valence-electron chi connectivity index (χ0n) is 6.83. The Kier molecular flexibility index (Phi) is 1.87. The van der Waals surface area contributed by atoms with Gasteiger partial charge in [-0.3, -0.25) is 0 Å². The molecule has 0 saturated carbocycles. The predicted octanol–water partition coefficient (Wildman–Crippen LogP) is 1.16. The van der Waals surface area contributed by atoms with Crippen molar-refractivity contribution in [3.05, 3.63) is 34.9 Å². The number of aryl methyl sites for hydroxylation is 1. The van der Waals surface area contributed by atoms with Gasteiger partial charge in [0, 0.05) is 0 Å². The van der Waals surface area contributed by atoms with Crippen molar-refractivity contribution < 1.29 is 10.2 Å². The zero-order valence-corrected chi connectivity index (χ0v) is 6.83. The lowest BCUT2D eigenvalue weighted by atomic mass is 10.1. The van der Waals surface area contributed by atoms with Crippen LogP contribution in [0.1, 0.15) is 29.2 Å². The molecule has 0 aliphatic heterocycles. The van der Waals surface area contributed by atoms with E-state index < -0.39 is 0 Å². The molecule has 1 aromatic carbocycles. The lowest BCUT2D eigenvalue weighted by Crippen LogP contribution is -1.92. The highest BCUT2D eigenvalue weighted by Crippen LogP contribution is 2.31. The van der Waals surface area contributed by atoms with E-state index in [0.717, 1.165) is 24.0 Å². The molecule has 1 aliphatic carbocycles. The summed E-state index contributed by atoms with van der Waals surface area (Å²) in [5.41, 5.74) is 3.11. The van der Waals surface area contributed by atoms with Crippen LogP contribution in [0.4, 0.5) is 0 Å². The first-order chi connectivity index (χ1) is 5.81. The zero-order chi connectivity index (χ0) is 8.55. The Bertz CT molecular complexity index is 294. The molecule has 0 saturated heterocycles. The van der Waals surface area contributed by atoms with Gasteiger partial charge in [0.05, 0.1) is 12.7 Å². The van der Waals surface area contributed by atoms with Gasteiger partial charge in [-0.15, -0.1) is 0 Å². The quantitative estimate of drug-likeness (QED) is 0.653. The molecule has 12 heavy (non-hydrogen) atoms. The van der Waals surface area contributed by atoms with E-state index >= 15 is 0 Å². The second kappa shape index (κ2) is 2.88. The molecule has 2 N–H and O–H groups in total. The van der Waals surface area contributed by atoms with E-state index in [-0.39, 0.29) is 12.7 Å². The summed E-state index contributed by atoms with van der Waals surface area (Å²) in [5.74, 6) is 0. The Labute approximate surface area is 71.5 Å². The third kappa shape index (κ3) is 1.13. The smallest absolute Gasteiger partial charge is 0.0796 e. The molecule has 1 unspecified atom stereocenters. The molecule has 64 valence electrons. The molecule has 0 radical (unpaired) electrons. The number of aliphatic hydroxyl groups is 2. The van der Waals surface area contributed by atoms with Gasteiger partial charge in [-0.05, 0) is 29.5 Å². The van der Waals surface area contributed by atoms with Crippen LogP contribution >= 0.6 is 0 Å². The van der Waals surface area contributed by atoms with Gasteiger partial charge in [-0.1, -0.05) is 18.2 Å². The number of fused-ring (bicyclic) bond motifs is 1. The van der Waals surface area contributed by atoms with E-state index in [1.54, 1.807) is 0 Å². The Hall–Kier alpha value is -0.860. The number of hydrogen-bond donors (Lipinski definition) is 2. The lowest BCUT2D eigenvalue weighted by Gasteiger charge is -2.04. The molecule has 0 aromatic heterocycles. The maximum Gasteiger partial charge on any atom is 0.0796 e. The summed E-state index contributed by atoms with van der Waals surface area (Å²) in [4.78, 5) is 0. The van der Waals surface area contributed by atoms with Crippen molar-refractivity contribution in [3.8, 4) is 0 Å². The summed E-state index contributed by atoms with van der Waals surface area (Å²) >= 11 is 0. The van der Waals surface area contributed by atoms with Crippen LogP contribution in [0.25, 0.3) is 0 Å². The van der Waals surface area contributed by atoms with Crippen LogP contribution in [0.3, 0.4) is 0 Å². The first kappa shape index (κ1) is 7.77. The van der Waals surface area contributed by atoms with E-state index in [1.807, 2.05) is 18.2 Å². The number of rotatable bonds is 1. The van der Waals surface area contributed by atoms with E-state index in [1.165, 1.54) is 5.56 Å². The van der Waals surface area contributed by atoms with Crippen LogP contribution in [-0.2, 0) is 13.0 Å². The van der Waals surface area contributed by atoms with Gasteiger partial charge in [0.15, 0.2) is 0 Å². The number of aliphatic hydroxyl groups excluding tert-OH is 2. The third-order valence-corrected chi connectivity index (χ3v) is 2.44. The second-order valence-electron chi connectivity index (χ2n) is 3.25. The molecule has 2 heteroatoms. The summed E-state index contributed by atoms with van der Waals surface area (Å²) < 4.78 is 0. The van der Waals surface area contributed by atoms with Crippen LogP contribution in [0.2, 0.25) is 0 Å². The maximum absolute atomic E-state index is 9.52. The van der Waals surface area contributed by atoms with Crippen LogP contribution in [0.15, 0.2) is 18.2 Å². The summed E-state index contributed by atoms with van der Waals surface area (Å²) in [6, 6.07) is 5.81. The Morgan fingerprint density at radius 2 is 2.25 bits per heavy atom. The first-order valence-electron chi connectivity index (χ1n) is 4.22. The minimum atomic E-state index is -0.313. The Morgan fingerprint density at radius 3 is 3.00 bits per heavy atom. The van der Waals surface area contributed by atoms with E-state index in [4.69, 9.17) is 5.11 Å². The van der Waals surface area contributed by atoms with E-state index in [9.17, 15) is 5.11 Å². The molecular formula is C10H12O2. The highest BCUT2D eigenvalue weighted by Gasteiger charge is 2.19. The van der Waals surface area contributed by atoms with Gasteiger partial charge in [0.1, 0.15) is 0 Å². The fourth-order valence-corrected chi connectivity index (χ4v) is 1.73. The molecule has 2 nitrogen and oxygen atoms in total. The summed E-state index contributed by atoms with van der Waals surface area (Å²) in [6.45, 7) is 0.0556. The topological polar surface area (TPSA) is 40.5 Å². The highest BCUT2D eigenvalue weighted by molar-refractivity contribution is 5.36. The third-order valence-electron chi connectivity index (χ3n) is 2.44. The van der Waals surface area contributed by atoms with Crippen LogP contribution in [0, 0.1) is 0 Å². The van der Waals surface area contributed by atoms with Crippen molar-refractivity contribution >= 4 is 0 Å². The van der Waals surface area contributed by atoms with Gasteiger partial charge in [-0.25, -0.2) is 0 Å². The maximum atomic E-state index is 9.52. The molecule has 1 aliphatic rings.